The molecule has 1 aliphatic carbocycles. The molecule has 0 aliphatic heterocycles. The Bertz CT molecular complexity index is 441. The molecule has 68 valence electrons. The lowest BCUT2D eigenvalue weighted by molar-refractivity contribution is 0.892. The topological polar surface area (TPSA) is 23.8 Å². The van der Waals surface area contributed by atoms with Gasteiger partial charge >= 0.3 is 0 Å². The van der Waals surface area contributed by atoms with Crippen molar-refractivity contribution in [2.45, 2.75) is 18.3 Å². The molecule has 0 radical (unpaired) electrons. The second-order valence-electron chi connectivity index (χ2n) is 3.70. The minimum absolute atomic E-state index is 0.134. The third-order valence-corrected chi connectivity index (χ3v) is 2.73. The maximum absolute atomic E-state index is 8.79. The van der Waals surface area contributed by atoms with Crippen molar-refractivity contribution < 1.29 is 0 Å². The van der Waals surface area contributed by atoms with E-state index in [1.54, 1.807) is 0 Å². The van der Waals surface area contributed by atoms with Crippen LogP contribution >= 0.6 is 0 Å². The van der Waals surface area contributed by atoms with Crippen LogP contribution in [0.2, 0.25) is 0 Å². The zero-order valence-corrected chi connectivity index (χ0v) is 7.96. The molecule has 0 amide bonds. The molecule has 0 bridgehead atoms. The van der Waals surface area contributed by atoms with E-state index in [0.717, 1.165) is 18.4 Å². The van der Waals surface area contributed by atoms with Crippen LogP contribution < -0.4 is 0 Å². The Morgan fingerprint density at radius 1 is 1.43 bits per heavy atom. The van der Waals surface area contributed by atoms with Gasteiger partial charge in [-0.3, -0.25) is 0 Å². The summed E-state index contributed by atoms with van der Waals surface area (Å²) in [6.45, 7) is 3.61. The van der Waals surface area contributed by atoms with E-state index >= 15 is 0 Å². The second kappa shape index (κ2) is 3.18. The molecule has 1 heteroatoms. The van der Waals surface area contributed by atoms with E-state index in [-0.39, 0.29) is 5.41 Å². The van der Waals surface area contributed by atoms with Crippen molar-refractivity contribution in [3.63, 3.8) is 0 Å². The quantitative estimate of drug-likeness (QED) is 0.643. The summed E-state index contributed by atoms with van der Waals surface area (Å²) in [6.07, 6.45) is 4.30. The molecule has 1 fully saturated rings. The highest BCUT2D eigenvalue weighted by Crippen LogP contribution is 2.49. The van der Waals surface area contributed by atoms with Crippen molar-refractivity contribution in [2.75, 3.05) is 0 Å². The third-order valence-electron chi connectivity index (χ3n) is 2.73. The van der Waals surface area contributed by atoms with Gasteiger partial charge in [0.05, 0.1) is 11.6 Å². The number of nitriles is 1. The molecular formula is C13H11N. The Labute approximate surface area is 84.0 Å². The van der Waals surface area contributed by atoms with Crippen LogP contribution in [0.4, 0.5) is 0 Å². The molecule has 0 spiro atoms. The minimum Gasteiger partial charge on any atom is -0.192 e. The predicted molar refractivity (Wildman–Crippen MR) is 55.8 cm³/mol. The number of hydrogen-bond donors (Lipinski definition) is 0. The molecule has 1 saturated carbocycles. The van der Waals surface area contributed by atoms with Gasteiger partial charge in [-0.15, -0.1) is 5.73 Å². The molecule has 1 aliphatic rings. The van der Waals surface area contributed by atoms with E-state index in [2.05, 4.69) is 24.4 Å². The highest BCUT2D eigenvalue weighted by molar-refractivity contribution is 5.42. The second-order valence-corrected chi connectivity index (χ2v) is 3.70. The average Bonchev–Trinajstić information content (AvgIpc) is 3.00. The Kier molecular flexibility index (Phi) is 2.00. The van der Waals surface area contributed by atoms with Gasteiger partial charge in [-0.25, -0.2) is 0 Å². The van der Waals surface area contributed by atoms with Gasteiger partial charge in [0, 0.05) is 5.41 Å². The first kappa shape index (κ1) is 8.81. The van der Waals surface area contributed by atoms with E-state index in [1.165, 1.54) is 5.56 Å². The van der Waals surface area contributed by atoms with E-state index in [9.17, 15) is 0 Å². The van der Waals surface area contributed by atoms with Crippen LogP contribution in [-0.4, -0.2) is 0 Å². The molecule has 0 unspecified atom stereocenters. The molecule has 1 nitrogen and oxygen atoms in total. The number of allylic oxidation sites excluding steroid dienone is 1. The van der Waals surface area contributed by atoms with E-state index in [1.807, 2.05) is 24.3 Å². The largest absolute Gasteiger partial charge is 0.192 e. The van der Waals surface area contributed by atoms with Gasteiger partial charge < -0.3 is 0 Å². The van der Waals surface area contributed by atoms with Crippen molar-refractivity contribution in [3.05, 3.63) is 53.8 Å². The monoisotopic (exact) mass is 181 g/mol. The van der Waals surface area contributed by atoms with Crippen LogP contribution in [0.25, 0.3) is 0 Å². The summed E-state index contributed by atoms with van der Waals surface area (Å²) in [5.74, 6) is 0. The van der Waals surface area contributed by atoms with E-state index in [4.69, 9.17) is 5.26 Å². The lowest BCUT2D eigenvalue weighted by atomic mass is 9.94. The van der Waals surface area contributed by atoms with Gasteiger partial charge in [0.25, 0.3) is 0 Å². The molecule has 14 heavy (non-hydrogen) atoms. The summed E-state index contributed by atoms with van der Waals surface area (Å²) in [4.78, 5) is 0. The number of benzene rings is 1. The molecule has 2 rings (SSSR count). The van der Waals surface area contributed by atoms with Gasteiger partial charge in [-0.2, -0.15) is 5.26 Å². The number of nitrogens with zero attached hydrogens (tertiary/aromatic N) is 1. The van der Waals surface area contributed by atoms with Gasteiger partial charge in [-0.05, 0) is 36.6 Å². The van der Waals surface area contributed by atoms with Crippen molar-refractivity contribution in [3.8, 4) is 6.07 Å². The summed E-state index contributed by atoms with van der Waals surface area (Å²) in [5.41, 5.74) is 4.93. The smallest absolute Gasteiger partial charge is 0.0991 e. The summed E-state index contributed by atoms with van der Waals surface area (Å²) in [6, 6.07) is 9.96. The highest BCUT2D eigenvalue weighted by atomic mass is 14.4. The Morgan fingerprint density at radius 2 is 2.21 bits per heavy atom. The molecule has 0 aromatic heterocycles. The fourth-order valence-electron chi connectivity index (χ4n) is 1.74. The molecule has 0 atom stereocenters. The molecule has 0 N–H and O–H groups in total. The number of rotatable bonds is 2. The molecule has 1 aromatic rings. The van der Waals surface area contributed by atoms with Crippen molar-refractivity contribution >= 4 is 0 Å². The maximum Gasteiger partial charge on any atom is 0.0991 e. The zero-order chi connectivity index (χ0) is 10.0. The van der Waals surface area contributed by atoms with Crippen LogP contribution in [0.15, 0.2) is 42.7 Å². The maximum atomic E-state index is 8.79. The lowest BCUT2D eigenvalue weighted by Gasteiger charge is -2.08. The fraction of sp³-hybridized carbons (Fsp3) is 0.231. The third kappa shape index (κ3) is 1.37. The minimum atomic E-state index is 0.134. The van der Waals surface area contributed by atoms with Crippen LogP contribution in [0, 0.1) is 11.3 Å². The van der Waals surface area contributed by atoms with Gasteiger partial charge in [-0.1, -0.05) is 18.7 Å². The number of hydrogen-bond acceptors (Lipinski definition) is 1. The van der Waals surface area contributed by atoms with Crippen molar-refractivity contribution in [1.29, 1.82) is 5.26 Å². The Hall–Kier alpha value is -1.77. The van der Waals surface area contributed by atoms with Crippen molar-refractivity contribution in [1.82, 2.24) is 0 Å². The van der Waals surface area contributed by atoms with Crippen LogP contribution in [0.1, 0.15) is 24.0 Å². The summed E-state index contributed by atoms with van der Waals surface area (Å²) >= 11 is 0. The van der Waals surface area contributed by atoms with Crippen LogP contribution in [0.3, 0.4) is 0 Å². The van der Waals surface area contributed by atoms with Crippen molar-refractivity contribution in [2.24, 2.45) is 0 Å². The molecule has 1 aromatic carbocycles. The first-order chi connectivity index (χ1) is 6.80. The molecule has 0 saturated heterocycles. The Balaban J connectivity index is 2.43. The fourth-order valence-corrected chi connectivity index (χ4v) is 1.74. The normalized spacial score (nSPS) is 16.5. The average molecular weight is 181 g/mol. The standard InChI is InChI=1S/C13H11N/c1-2-6-13(7-8-13)12-5-3-4-11(9-12)10-14/h3-6,9H,1,7-8H2. The van der Waals surface area contributed by atoms with Crippen LogP contribution in [-0.2, 0) is 5.41 Å². The SMILES string of the molecule is C=C=CC1(c2cccc(C#N)c2)CC1. The first-order valence-electron chi connectivity index (χ1n) is 4.68. The lowest BCUT2D eigenvalue weighted by Crippen LogP contribution is -2.01. The van der Waals surface area contributed by atoms with E-state index in [0.29, 0.717) is 0 Å². The van der Waals surface area contributed by atoms with Gasteiger partial charge in [0.1, 0.15) is 0 Å². The van der Waals surface area contributed by atoms with E-state index < -0.39 is 0 Å². The molecular weight excluding hydrogens is 170 g/mol. The van der Waals surface area contributed by atoms with Crippen LogP contribution in [0.5, 0.6) is 0 Å². The summed E-state index contributed by atoms with van der Waals surface area (Å²) in [5, 5.41) is 8.79. The van der Waals surface area contributed by atoms with Gasteiger partial charge in [0.15, 0.2) is 0 Å². The summed E-state index contributed by atoms with van der Waals surface area (Å²) < 4.78 is 0. The van der Waals surface area contributed by atoms with Gasteiger partial charge in [0.2, 0.25) is 0 Å². The summed E-state index contributed by atoms with van der Waals surface area (Å²) in [7, 11) is 0. The first-order valence-corrected chi connectivity index (χ1v) is 4.68. The predicted octanol–water partition coefficient (Wildman–Crippen LogP) is 2.93. The Morgan fingerprint density at radius 3 is 2.79 bits per heavy atom. The molecule has 0 heterocycles. The zero-order valence-electron chi connectivity index (χ0n) is 7.96. The highest BCUT2D eigenvalue weighted by Gasteiger charge is 2.41.